The average molecular weight is 359 g/mol. The summed E-state index contributed by atoms with van der Waals surface area (Å²) in [7, 11) is 0. The molecule has 0 radical (unpaired) electrons. The van der Waals surface area contributed by atoms with Crippen LogP contribution in [0.1, 0.15) is 30.3 Å². The van der Waals surface area contributed by atoms with Crippen LogP contribution in [0.15, 0.2) is 40.2 Å². The van der Waals surface area contributed by atoms with Crippen LogP contribution in [0, 0.1) is 5.92 Å². The summed E-state index contributed by atoms with van der Waals surface area (Å²) < 4.78 is 0.941. The van der Waals surface area contributed by atoms with Crippen LogP contribution in [0.2, 0.25) is 5.02 Å². The SMILES string of the molecule is CC(C)C(NCc1ccc(Br)c(Cl)c1)c1cccs1. The van der Waals surface area contributed by atoms with Crippen molar-refractivity contribution in [2.75, 3.05) is 0 Å². The van der Waals surface area contributed by atoms with E-state index in [-0.39, 0.29) is 0 Å². The molecule has 1 nitrogen and oxygen atoms in total. The molecule has 1 atom stereocenters. The maximum Gasteiger partial charge on any atom is 0.0551 e. The van der Waals surface area contributed by atoms with E-state index in [1.165, 1.54) is 10.4 Å². The van der Waals surface area contributed by atoms with Gasteiger partial charge in [-0.15, -0.1) is 11.3 Å². The van der Waals surface area contributed by atoms with Gasteiger partial charge in [-0.2, -0.15) is 0 Å². The molecule has 0 aliphatic heterocycles. The summed E-state index contributed by atoms with van der Waals surface area (Å²) in [6.45, 7) is 5.31. The number of rotatable bonds is 5. The van der Waals surface area contributed by atoms with E-state index < -0.39 is 0 Å². The fourth-order valence-electron chi connectivity index (χ4n) is 2.01. The van der Waals surface area contributed by atoms with Crippen molar-refractivity contribution >= 4 is 38.9 Å². The maximum atomic E-state index is 6.12. The third-order valence-corrected chi connectivity index (χ3v) is 5.21. The first-order valence-corrected chi connectivity index (χ1v) is 8.33. The summed E-state index contributed by atoms with van der Waals surface area (Å²) in [5.41, 5.74) is 1.20. The molecule has 1 aromatic carbocycles. The number of halogens is 2. The molecule has 0 amide bonds. The summed E-state index contributed by atoms with van der Waals surface area (Å²) in [6, 6.07) is 10.8. The quantitative estimate of drug-likeness (QED) is 0.728. The zero-order valence-electron chi connectivity index (χ0n) is 11.0. The van der Waals surface area contributed by atoms with Gasteiger partial charge in [-0.25, -0.2) is 0 Å². The Balaban J connectivity index is 2.05. The highest BCUT2D eigenvalue weighted by Crippen LogP contribution is 2.27. The second-order valence-electron chi connectivity index (χ2n) is 4.87. The van der Waals surface area contributed by atoms with Crippen molar-refractivity contribution in [3.8, 4) is 0 Å². The lowest BCUT2D eigenvalue weighted by Crippen LogP contribution is -2.24. The second kappa shape index (κ2) is 6.89. The zero-order chi connectivity index (χ0) is 13.8. The van der Waals surface area contributed by atoms with Crippen LogP contribution in [0.4, 0.5) is 0 Å². The normalized spacial score (nSPS) is 12.9. The summed E-state index contributed by atoms with van der Waals surface area (Å²) in [5.74, 6) is 0.560. The number of thiophene rings is 1. The minimum atomic E-state index is 0.391. The first-order valence-electron chi connectivity index (χ1n) is 6.28. The van der Waals surface area contributed by atoms with E-state index in [1.807, 2.05) is 12.1 Å². The summed E-state index contributed by atoms with van der Waals surface area (Å²) in [4.78, 5) is 1.39. The monoisotopic (exact) mass is 357 g/mol. The molecule has 0 fully saturated rings. The van der Waals surface area contributed by atoms with E-state index in [9.17, 15) is 0 Å². The Morgan fingerprint density at radius 3 is 2.68 bits per heavy atom. The molecule has 1 N–H and O–H groups in total. The third-order valence-electron chi connectivity index (χ3n) is 3.03. The van der Waals surface area contributed by atoms with Crippen molar-refractivity contribution in [1.82, 2.24) is 5.32 Å². The van der Waals surface area contributed by atoms with Crippen LogP contribution in [0.5, 0.6) is 0 Å². The highest BCUT2D eigenvalue weighted by Gasteiger charge is 2.16. The molecular weight excluding hydrogens is 342 g/mol. The Labute approximate surface area is 132 Å². The smallest absolute Gasteiger partial charge is 0.0551 e. The molecule has 0 spiro atoms. The van der Waals surface area contributed by atoms with E-state index in [2.05, 4.69) is 58.7 Å². The Kier molecular flexibility index (Phi) is 5.46. The van der Waals surface area contributed by atoms with Gasteiger partial charge in [-0.05, 0) is 51.0 Å². The lowest BCUT2D eigenvalue weighted by Gasteiger charge is -2.21. The molecule has 4 heteroatoms. The van der Waals surface area contributed by atoms with Gasteiger partial charge in [0.05, 0.1) is 5.02 Å². The third kappa shape index (κ3) is 4.06. The number of hydrogen-bond donors (Lipinski definition) is 1. The van der Waals surface area contributed by atoms with Gasteiger partial charge in [0.2, 0.25) is 0 Å². The molecule has 0 bridgehead atoms. The summed E-state index contributed by atoms with van der Waals surface area (Å²) in [6.07, 6.45) is 0. The molecule has 19 heavy (non-hydrogen) atoms. The van der Waals surface area contributed by atoms with Gasteiger partial charge >= 0.3 is 0 Å². The number of nitrogens with one attached hydrogen (secondary N) is 1. The van der Waals surface area contributed by atoms with E-state index in [1.54, 1.807) is 11.3 Å². The van der Waals surface area contributed by atoms with E-state index in [0.29, 0.717) is 12.0 Å². The first kappa shape index (κ1) is 15.0. The molecule has 1 aromatic heterocycles. The maximum absolute atomic E-state index is 6.12. The highest BCUT2D eigenvalue weighted by molar-refractivity contribution is 9.10. The van der Waals surface area contributed by atoms with E-state index >= 15 is 0 Å². The average Bonchev–Trinajstić information content (AvgIpc) is 2.87. The van der Waals surface area contributed by atoms with Crippen molar-refractivity contribution in [2.45, 2.75) is 26.4 Å². The van der Waals surface area contributed by atoms with Crippen LogP contribution in [0.25, 0.3) is 0 Å². The molecule has 2 aromatic rings. The molecule has 0 saturated heterocycles. The lowest BCUT2D eigenvalue weighted by molar-refractivity contribution is 0.416. The molecule has 2 rings (SSSR count). The molecule has 0 aliphatic carbocycles. The fourth-order valence-corrected chi connectivity index (χ4v) is 3.43. The molecule has 1 unspecified atom stereocenters. The van der Waals surface area contributed by atoms with E-state index in [0.717, 1.165) is 16.0 Å². The predicted octanol–water partition coefficient (Wildman–Crippen LogP) is 5.65. The molecule has 0 aliphatic rings. The van der Waals surface area contributed by atoms with Gasteiger partial charge in [-0.1, -0.05) is 37.6 Å². The Bertz CT molecular complexity index is 525. The fraction of sp³-hybridized carbons (Fsp3) is 0.333. The van der Waals surface area contributed by atoms with Crippen LogP contribution in [0.3, 0.4) is 0 Å². The summed E-state index contributed by atoms with van der Waals surface area (Å²) >= 11 is 11.3. The second-order valence-corrected chi connectivity index (χ2v) is 7.11. The molecule has 0 saturated carbocycles. The number of hydrogen-bond acceptors (Lipinski definition) is 2. The summed E-state index contributed by atoms with van der Waals surface area (Å²) in [5, 5.41) is 6.51. The Morgan fingerprint density at radius 2 is 2.11 bits per heavy atom. The van der Waals surface area contributed by atoms with Crippen molar-refractivity contribution in [1.29, 1.82) is 0 Å². The first-order chi connectivity index (χ1) is 9.08. The molecule has 1 heterocycles. The van der Waals surface area contributed by atoms with Gasteiger partial charge in [-0.3, -0.25) is 0 Å². The van der Waals surface area contributed by atoms with Crippen molar-refractivity contribution in [2.24, 2.45) is 5.92 Å². The topological polar surface area (TPSA) is 12.0 Å². The number of benzene rings is 1. The highest BCUT2D eigenvalue weighted by atomic mass is 79.9. The Morgan fingerprint density at radius 1 is 1.32 bits per heavy atom. The van der Waals surface area contributed by atoms with Gasteiger partial charge in [0.1, 0.15) is 0 Å². The minimum Gasteiger partial charge on any atom is -0.305 e. The van der Waals surface area contributed by atoms with Crippen molar-refractivity contribution in [3.63, 3.8) is 0 Å². The minimum absolute atomic E-state index is 0.391. The Hall–Kier alpha value is -0.350. The van der Waals surface area contributed by atoms with Gasteiger partial charge < -0.3 is 5.32 Å². The molecule has 102 valence electrons. The predicted molar refractivity (Wildman–Crippen MR) is 87.9 cm³/mol. The van der Waals surface area contributed by atoms with Gasteiger partial charge in [0, 0.05) is 21.9 Å². The van der Waals surface area contributed by atoms with Crippen molar-refractivity contribution in [3.05, 3.63) is 55.6 Å². The van der Waals surface area contributed by atoms with Crippen LogP contribution >= 0.6 is 38.9 Å². The van der Waals surface area contributed by atoms with Crippen molar-refractivity contribution < 1.29 is 0 Å². The zero-order valence-corrected chi connectivity index (χ0v) is 14.1. The largest absolute Gasteiger partial charge is 0.305 e. The van der Waals surface area contributed by atoms with Gasteiger partial charge in [0.15, 0.2) is 0 Å². The standard InChI is InChI=1S/C15H17BrClNS/c1-10(2)15(14-4-3-7-19-14)18-9-11-5-6-12(16)13(17)8-11/h3-8,10,15,18H,9H2,1-2H3. The van der Waals surface area contributed by atoms with Crippen LogP contribution in [-0.2, 0) is 6.54 Å². The van der Waals surface area contributed by atoms with Gasteiger partial charge in [0.25, 0.3) is 0 Å². The van der Waals surface area contributed by atoms with Crippen LogP contribution < -0.4 is 5.32 Å². The lowest BCUT2D eigenvalue weighted by atomic mass is 10.0. The molecular formula is C15H17BrClNS. The van der Waals surface area contributed by atoms with Crippen LogP contribution in [-0.4, -0.2) is 0 Å². The van der Waals surface area contributed by atoms with E-state index in [4.69, 9.17) is 11.6 Å².